The Balaban J connectivity index is 1.71. The molecule has 5 nitrogen and oxygen atoms in total. The van der Waals surface area contributed by atoms with Crippen LogP contribution in [0, 0.1) is 6.92 Å². The number of carbonyl (C=O) groups excluding carboxylic acids is 1. The van der Waals surface area contributed by atoms with Gasteiger partial charge in [0.2, 0.25) is 5.91 Å². The van der Waals surface area contributed by atoms with Gasteiger partial charge in [0, 0.05) is 29.9 Å². The molecule has 0 saturated carbocycles. The van der Waals surface area contributed by atoms with Crippen molar-refractivity contribution in [3.05, 3.63) is 65.2 Å². The number of aromatic nitrogens is 1. The summed E-state index contributed by atoms with van der Waals surface area (Å²) >= 11 is 1.51. The van der Waals surface area contributed by atoms with Crippen LogP contribution in [0.2, 0.25) is 0 Å². The second-order valence-corrected chi connectivity index (χ2v) is 9.28. The lowest BCUT2D eigenvalue weighted by Crippen LogP contribution is -2.27. The van der Waals surface area contributed by atoms with Crippen molar-refractivity contribution in [1.82, 2.24) is 4.98 Å². The highest BCUT2D eigenvalue weighted by Crippen LogP contribution is 2.25. The molecule has 0 spiro atoms. The molecule has 0 radical (unpaired) electrons. The van der Waals surface area contributed by atoms with Gasteiger partial charge in [0.05, 0.1) is 17.0 Å². The second-order valence-electron chi connectivity index (χ2n) is 6.41. The van der Waals surface area contributed by atoms with Crippen LogP contribution in [-0.4, -0.2) is 32.6 Å². The lowest BCUT2D eigenvalue weighted by molar-refractivity contribution is -0.117. The molecule has 0 aliphatic rings. The maximum atomic E-state index is 12.6. The van der Waals surface area contributed by atoms with Gasteiger partial charge in [-0.25, -0.2) is 13.4 Å². The van der Waals surface area contributed by atoms with Crippen LogP contribution < -0.4 is 4.90 Å². The van der Waals surface area contributed by atoms with Crippen LogP contribution in [0.25, 0.3) is 10.6 Å². The number of sulfone groups is 1. The van der Waals surface area contributed by atoms with Crippen molar-refractivity contribution in [2.75, 3.05) is 18.2 Å². The molecule has 2 aromatic carbocycles. The summed E-state index contributed by atoms with van der Waals surface area (Å²) in [5.41, 5.74) is 3.59. The van der Waals surface area contributed by atoms with E-state index in [1.807, 2.05) is 36.6 Å². The smallest absolute Gasteiger partial charge is 0.232 e. The van der Waals surface area contributed by atoms with E-state index in [0.717, 1.165) is 22.5 Å². The lowest BCUT2D eigenvalue weighted by atomic mass is 10.2. The fraction of sp³-hybridized carbons (Fsp3) is 0.200. The van der Waals surface area contributed by atoms with Crippen molar-refractivity contribution in [3.8, 4) is 10.6 Å². The minimum Gasteiger partial charge on any atom is -0.315 e. The summed E-state index contributed by atoms with van der Waals surface area (Å²) in [6, 6.07) is 14.4. The molecule has 0 saturated heterocycles. The zero-order valence-electron chi connectivity index (χ0n) is 15.3. The Labute approximate surface area is 163 Å². The predicted octanol–water partition coefficient (Wildman–Crippen LogP) is 3.73. The number of likely N-dealkylation sites (N-methyl/N-ethyl adjacent to an activating group) is 1. The molecule has 0 unspecified atom stereocenters. The van der Waals surface area contributed by atoms with E-state index in [1.54, 1.807) is 19.2 Å². The number of rotatable bonds is 5. The summed E-state index contributed by atoms with van der Waals surface area (Å²) < 4.78 is 23.1. The highest BCUT2D eigenvalue weighted by atomic mass is 32.2. The molecule has 0 atom stereocenters. The molecule has 140 valence electrons. The Kier molecular flexibility index (Phi) is 5.43. The average molecular weight is 401 g/mol. The first-order chi connectivity index (χ1) is 12.7. The Hall–Kier alpha value is -2.51. The molecule has 0 fully saturated rings. The fourth-order valence-electron chi connectivity index (χ4n) is 2.55. The summed E-state index contributed by atoms with van der Waals surface area (Å²) in [5, 5.41) is 2.78. The van der Waals surface area contributed by atoms with Crippen molar-refractivity contribution < 1.29 is 13.2 Å². The summed E-state index contributed by atoms with van der Waals surface area (Å²) in [6.07, 6.45) is 1.34. The van der Waals surface area contributed by atoms with Gasteiger partial charge in [-0.15, -0.1) is 11.3 Å². The number of benzene rings is 2. The fourth-order valence-corrected chi connectivity index (χ4v) is 4.01. The Bertz CT molecular complexity index is 1050. The normalized spacial score (nSPS) is 11.4. The SMILES string of the molecule is Cc1ccc(-c2nc(CC(=O)N(C)c3ccc(S(C)(=O)=O)cc3)cs2)cc1. The van der Waals surface area contributed by atoms with Gasteiger partial charge in [-0.3, -0.25) is 4.79 Å². The van der Waals surface area contributed by atoms with E-state index in [-0.39, 0.29) is 17.2 Å². The monoisotopic (exact) mass is 400 g/mol. The molecule has 1 aromatic heterocycles. The summed E-state index contributed by atoms with van der Waals surface area (Å²) in [5.74, 6) is -0.108. The maximum absolute atomic E-state index is 12.6. The zero-order valence-corrected chi connectivity index (χ0v) is 17.0. The van der Waals surface area contributed by atoms with Crippen LogP contribution in [0.15, 0.2) is 58.8 Å². The molecule has 0 aliphatic carbocycles. The summed E-state index contributed by atoms with van der Waals surface area (Å²) in [4.78, 5) is 18.9. The van der Waals surface area contributed by atoms with Crippen LogP contribution in [0.3, 0.4) is 0 Å². The Morgan fingerprint density at radius 1 is 1.07 bits per heavy atom. The number of amides is 1. The van der Waals surface area contributed by atoms with E-state index in [2.05, 4.69) is 4.98 Å². The number of hydrogen-bond acceptors (Lipinski definition) is 5. The first kappa shape index (κ1) is 19.3. The van der Waals surface area contributed by atoms with Crippen LogP contribution in [0.1, 0.15) is 11.3 Å². The molecule has 0 N–H and O–H groups in total. The molecule has 27 heavy (non-hydrogen) atoms. The molecule has 3 aromatic rings. The van der Waals surface area contributed by atoms with Crippen LogP contribution in [0.5, 0.6) is 0 Å². The van der Waals surface area contributed by atoms with Gasteiger partial charge in [-0.1, -0.05) is 29.8 Å². The lowest BCUT2D eigenvalue weighted by Gasteiger charge is -2.17. The van der Waals surface area contributed by atoms with Crippen LogP contribution >= 0.6 is 11.3 Å². The molecular weight excluding hydrogens is 380 g/mol. The summed E-state index contributed by atoms with van der Waals surface area (Å²) in [7, 11) is -1.58. The van der Waals surface area contributed by atoms with Gasteiger partial charge in [0.15, 0.2) is 9.84 Å². The van der Waals surface area contributed by atoms with E-state index in [0.29, 0.717) is 5.69 Å². The quantitative estimate of drug-likeness (QED) is 0.654. The Morgan fingerprint density at radius 3 is 2.30 bits per heavy atom. The standard InChI is InChI=1S/C20H20N2O3S2/c1-14-4-6-15(7-5-14)20-21-16(13-26-20)12-19(23)22(2)17-8-10-18(11-9-17)27(3,24)25/h4-11,13H,12H2,1-3H3. The van der Waals surface area contributed by atoms with Crippen molar-refractivity contribution in [2.24, 2.45) is 0 Å². The van der Waals surface area contributed by atoms with E-state index < -0.39 is 9.84 Å². The summed E-state index contributed by atoms with van der Waals surface area (Å²) in [6.45, 7) is 2.04. The highest BCUT2D eigenvalue weighted by molar-refractivity contribution is 7.90. The minimum absolute atomic E-state index is 0.108. The third-order valence-electron chi connectivity index (χ3n) is 4.21. The number of carbonyl (C=O) groups is 1. The van der Waals surface area contributed by atoms with E-state index in [9.17, 15) is 13.2 Å². The van der Waals surface area contributed by atoms with E-state index in [4.69, 9.17) is 0 Å². The number of nitrogens with zero attached hydrogens (tertiary/aromatic N) is 2. The van der Waals surface area contributed by atoms with Crippen LogP contribution in [-0.2, 0) is 21.1 Å². The second kappa shape index (κ2) is 7.62. The Morgan fingerprint density at radius 2 is 1.70 bits per heavy atom. The van der Waals surface area contributed by atoms with E-state index in [1.165, 1.54) is 33.9 Å². The maximum Gasteiger partial charge on any atom is 0.232 e. The highest BCUT2D eigenvalue weighted by Gasteiger charge is 2.15. The van der Waals surface area contributed by atoms with Gasteiger partial charge in [0.1, 0.15) is 5.01 Å². The van der Waals surface area contributed by atoms with Gasteiger partial charge in [-0.05, 0) is 31.2 Å². The average Bonchev–Trinajstić information content (AvgIpc) is 3.09. The van der Waals surface area contributed by atoms with Gasteiger partial charge < -0.3 is 4.90 Å². The molecule has 7 heteroatoms. The number of anilines is 1. The molecule has 1 heterocycles. The van der Waals surface area contributed by atoms with Crippen molar-refractivity contribution in [3.63, 3.8) is 0 Å². The van der Waals surface area contributed by atoms with Gasteiger partial charge in [-0.2, -0.15) is 0 Å². The van der Waals surface area contributed by atoms with Gasteiger partial charge >= 0.3 is 0 Å². The largest absolute Gasteiger partial charge is 0.315 e. The predicted molar refractivity (Wildman–Crippen MR) is 109 cm³/mol. The number of thiazole rings is 1. The topological polar surface area (TPSA) is 67.3 Å². The third kappa shape index (κ3) is 4.61. The molecule has 0 aliphatic heterocycles. The van der Waals surface area contributed by atoms with Gasteiger partial charge in [0.25, 0.3) is 0 Å². The molecule has 0 bridgehead atoms. The molecule has 1 amide bonds. The first-order valence-electron chi connectivity index (χ1n) is 8.32. The van der Waals surface area contributed by atoms with Crippen molar-refractivity contribution >= 4 is 32.8 Å². The molecular formula is C20H20N2O3S2. The van der Waals surface area contributed by atoms with Crippen molar-refractivity contribution in [2.45, 2.75) is 18.2 Å². The zero-order chi connectivity index (χ0) is 19.6. The third-order valence-corrected chi connectivity index (χ3v) is 6.28. The number of aryl methyl sites for hydroxylation is 1. The molecule has 3 rings (SSSR count). The number of hydrogen-bond donors (Lipinski definition) is 0. The van der Waals surface area contributed by atoms with E-state index >= 15 is 0 Å². The van der Waals surface area contributed by atoms with Crippen LogP contribution in [0.4, 0.5) is 5.69 Å². The first-order valence-corrected chi connectivity index (χ1v) is 11.1. The van der Waals surface area contributed by atoms with Crippen molar-refractivity contribution in [1.29, 1.82) is 0 Å². The minimum atomic E-state index is -3.25.